The fourth-order valence-electron chi connectivity index (χ4n) is 8.49. The minimum atomic E-state index is -0.760. The Morgan fingerprint density at radius 3 is 0.919 bits per heavy atom. The molecule has 62 heavy (non-hydrogen) atoms. The number of carbonyl (C=O) groups is 3. The van der Waals surface area contributed by atoms with Gasteiger partial charge in [-0.3, -0.25) is 14.4 Å². The molecule has 1 unspecified atom stereocenters. The lowest BCUT2D eigenvalue weighted by Crippen LogP contribution is -2.30. The minimum absolute atomic E-state index is 0.0642. The highest BCUT2D eigenvalue weighted by atomic mass is 16.6. The Bertz CT molecular complexity index is 949. The molecule has 0 fully saturated rings. The molecule has 2 atom stereocenters. The number of carbonyl (C=O) groups excluding carboxylic acids is 3. The molecule has 0 aromatic rings. The van der Waals surface area contributed by atoms with Crippen LogP contribution in [0.25, 0.3) is 0 Å². The molecule has 0 saturated carbocycles. The van der Waals surface area contributed by atoms with Gasteiger partial charge in [0, 0.05) is 19.3 Å². The van der Waals surface area contributed by atoms with Gasteiger partial charge in [-0.15, -0.1) is 0 Å². The van der Waals surface area contributed by atoms with Gasteiger partial charge in [-0.25, -0.2) is 0 Å². The largest absolute Gasteiger partial charge is 0.462 e. The molecule has 0 bridgehead atoms. The maximum Gasteiger partial charge on any atom is 0.306 e. The summed E-state index contributed by atoms with van der Waals surface area (Å²) in [6.45, 7) is 11.4. The smallest absolute Gasteiger partial charge is 0.306 e. The molecule has 0 N–H and O–H groups in total. The van der Waals surface area contributed by atoms with Gasteiger partial charge in [0.2, 0.25) is 0 Å². The van der Waals surface area contributed by atoms with E-state index in [9.17, 15) is 14.4 Å². The minimum Gasteiger partial charge on any atom is -0.462 e. The number of esters is 3. The third-order valence-electron chi connectivity index (χ3n) is 13.1. The van der Waals surface area contributed by atoms with Crippen molar-refractivity contribution in [1.82, 2.24) is 0 Å². The van der Waals surface area contributed by atoms with Gasteiger partial charge in [-0.2, -0.15) is 0 Å². The highest BCUT2D eigenvalue weighted by Gasteiger charge is 2.19. The molecule has 6 heteroatoms. The molecule has 0 aromatic heterocycles. The van der Waals surface area contributed by atoms with E-state index >= 15 is 0 Å². The first-order valence-corrected chi connectivity index (χ1v) is 27.8. The zero-order chi connectivity index (χ0) is 45.4. The summed E-state index contributed by atoms with van der Waals surface area (Å²) in [7, 11) is 0. The van der Waals surface area contributed by atoms with Gasteiger partial charge < -0.3 is 14.2 Å². The topological polar surface area (TPSA) is 78.9 Å². The molecule has 0 spiro atoms. The van der Waals surface area contributed by atoms with E-state index in [-0.39, 0.29) is 31.1 Å². The quantitative estimate of drug-likeness (QED) is 0.0344. The van der Waals surface area contributed by atoms with Crippen molar-refractivity contribution < 1.29 is 28.6 Å². The molecule has 0 heterocycles. The van der Waals surface area contributed by atoms with Crippen molar-refractivity contribution in [2.24, 2.45) is 11.8 Å². The van der Waals surface area contributed by atoms with E-state index in [1.165, 1.54) is 193 Å². The summed E-state index contributed by atoms with van der Waals surface area (Å²) in [5.41, 5.74) is 0. The summed E-state index contributed by atoms with van der Waals surface area (Å²) in [6, 6.07) is 0. The number of hydrogen-bond donors (Lipinski definition) is 0. The first kappa shape index (κ1) is 60.4. The van der Waals surface area contributed by atoms with Crippen molar-refractivity contribution in [3.8, 4) is 0 Å². The van der Waals surface area contributed by atoms with Gasteiger partial charge in [0.05, 0.1) is 0 Å². The lowest BCUT2D eigenvalue weighted by Gasteiger charge is -2.18. The summed E-state index contributed by atoms with van der Waals surface area (Å²) in [5, 5.41) is 0. The highest BCUT2D eigenvalue weighted by molar-refractivity contribution is 5.71. The zero-order valence-corrected chi connectivity index (χ0v) is 42.5. The second-order valence-electron chi connectivity index (χ2n) is 19.9. The van der Waals surface area contributed by atoms with Gasteiger partial charge in [0.25, 0.3) is 0 Å². The summed E-state index contributed by atoms with van der Waals surface area (Å²) in [5.74, 6) is 0.896. The maximum atomic E-state index is 12.8. The number of ether oxygens (including phenoxy) is 3. The van der Waals surface area contributed by atoms with E-state index in [0.29, 0.717) is 19.3 Å². The SMILES string of the molecule is CCCCCCCC(=O)OC[C@H](COC(=O)CCCCCCCCCCCCCCCCC(C)C)OC(=O)CCCCCCCCCCCCCCCCCCCCC(C)CC. The second-order valence-corrected chi connectivity index (χ2v) is 19.9. The van der Waals surface area contributed by atoms with Crippen LogP contribution in [0.5, 0.6) is 0 Å². The van der Waals surface area contributed by atoms with Crippen LogP contribution in [0.4, 0.5) is 0 Å². The maximum absolute atomic E-state index is 12.8. The summed E-state index contributed by atoms with van der Waals surface area (Å²) in [4.78, 5) is 37.7. The van der Waals surface area contributed by atoms with Crippen LogP contribution in [0.3, 0.4) is 0 Å². The van der Waals surface area contributed by atoms with Crippen LogP contribution < -0.4 is 0 Å². The molecule has 368 valence electrons. The van der Waals surface area contributed by atoms with Crippen LogP contribution >= 0.6 is 0 Å². The van der Waals surface area contributed by atoms with Crippen LogP contribution in [0.2, 0.25) is 0 Å². The molecule has 0 saturated heterocycles. The third kappa shape index (κ3) is 47.9. The van der Waals surface area contributed by atoms with Crippen LogP contribution in [-0.2, 0) is 28.6 Å². The third-order valence-corrected chi connectivity index (χ3v) is 13.1. The molecule has 0 aliphatic rings. The summed E-state index contributed by atoms with van der Waals surface area (Å²) >= 11 is 0. The Labute approximate surface area is 387 Å². The van der Waals surface area contributed by atoms with Crippen LogP contribution in [0.15, 0.2) is 0 Å². The van der Waals surface area contributed by atoms with Crippen molar-refractivity contribution in [2.45, 2.75) is 317 Å². The fourth-order valence-corrected chi connectivity index (χ4v) is 8.49. The first-order chi connectivity index (χ1) is 30.3. The van der Waals surface area contributed by atoms with Crippen LogP contribution in [0.1, 0.15) is 311 Å². The Balaban J connectivity index is 4.05. The Kier molecular flexibility index (Phi) is 47.6. The van der Waals surface area contributed by atoms with Crippen molar-refractivity contribution in [3.63, 3.8) is 0 Å². The number of hydrogen-bond acceptors (Lipinski definition) is 6. The number of rotatable bonds is 50. The van der Waals surface area contributed by atoms with E-state index < -0.39 is 6.10 Å². The second kappa shape index (κ2) is 48.9. The van der Waals surface area contributed by atoms with Gasteiger partial charge in [0.1, 0.15) is 13.2 Å². The molecule has 0 aromatic carbocycles. The zero-order valence-electron chi connectivity index (χ0n) is 42.5. The monoisotopic (exact) mass is 877 g/mol. The summed E-state index contributed by atoms with van der Waals surface area (Å²) in [6.07, 6.45) is 51.3. The van der Waals surface area contributed by atoms with Gasteiger partial charge in [-0.05, 0) is 31.1 Å². The van der Waals surface area contributed by atoms with Crippen molar-refractivity contribution in [3.05, 3.63) is 0 Å². The Morgan fingerprint density at radius 2 is 0.613 bits per heavy atom. The fraction of sp³-hybridized carbons (Fsp3) is 0.946. The van der Waals surface area contributed by atoms with Crippen molar-refractivity contribution in [1.29, 1.82) is 0 Å². The van der Waals surface area contributed by atoms with E-state index in [2.05, 4.69) is 34.6 Å². The van der Waals surface area contributed by atoms with Crippen LogP contribution in [0, 0.1) is 11.8 Å². The van der Waals surface area contributed by atoms with Crippen LogP contribution in [-0.4, -0.2) is 37.2 Å². The van der Waals surface area contributed by atoms with Crippen molar-refractivity contribution in [2.75, 3.05) is 13.2 Å². The normalized spacial score (nSPS) is 12.5. The molecule has 0 aliphatic heterocycles. The molecular weight excluding hydrogens is 769 g/mol. The first-order valence-electron chi connectivity index (χ1n) is 27.8. The standard InChI is InChI=1S/C56H108O6/c1-6-8-9-34-41-46-54(57)60-49-53(50-61-55(58)47-42-37-32-28-24-20-17-16-18-22-26-30-35-39-44-51(3)4)62-56(59)48-43-38-33-29-25-21-15-13-11-10-12-14-19-23-27-31-36-40-45-52(5)7-2/h51-53H,6-50H2,1-5H3/t52?,53-/m1/s1. The van der Waals surface area contributed by atoms with E-state index in [1.54, 1.807) is 0 Å². The van der Waals surface area contributed by atoms with E-state index in [4.69, 9.17) is 14.2 Å². The highest BCUT2D eigenvalue weighted by Crippen LogP contribution is 2.18. The molecular formula is C56H108O6. The predicted molar refractivity (Wildman–Crippen MR) is 266 cm³/mol. The Hall–Kier alpha value is -1.59. The lowest BCUT2D eigenvalue weighted by molar-refractivity contribution is -0.167. The molecule has 6 nitrogen and oxygen atoms in total. The lowest BCUT2D eigenvalue weighted by atomic mass is 9.99. The van der Waals surface area contributed by atoms with E-state index in [0.717, 1.165) is 76.0 Å². The van der Waals surface area contributed by atoms with Gasteiger partial charge >= 0.3 is 17.9 Å². The Morgan fingerprint density at radius 1 is 0.339 bits per heavy atom. The van der Waals surface area contributed by atoms with Gasteiger partial charge in [0.15, 0.2) is 6.10 Å². The molecule has 0 aliphatic carbocycles. The molecule has 0 radical (unpaired) electrons. The number of unbranched alkanes of at least 4 members (excludes halogenated alkanes) is 34. The average Bonchev–Trinajstić information content (AvgIpc) is 3.26. The van der Waals surface area contributed by atoms with Gasteiger partial charge in [-0.1, -0.05) is 272 Å². The summed E-state index contributed by atoms with van der Waals surface area (Å²) < 4.78 is 16.7. The van der Waals surface area contributed by atoms with E-state index in [1.807, 2.05) is 0 Å². The van der Waals surface area contributed by atoms with Crippen molar-refractivity contribution >= 4 is 17.9 Å². The molecule has 0 rings (SSSR count). The average molecular weight is 877 g/mol. The molecule has 0 amide bonds. The predicted octanol–water partition coefficient (Wildman–Crippen LogP) is 18.1.